The highest BCUT2D eigenvalue weighted by Crippen LogP contribution is 2.26. The summed E-state index contributed by atoms with van der Waals surface area (Å²) in [5, 5.41) is 6.34. The van der Waals surface area contributed by atoms with Crippen molar-refractivity contribution in [2.24, 2.45) is 5.92 Å². The zero-order valence-corrected chi connectivity index (χ0v) is 10.7. The first-order valence-electron chi connectivity index (χ1n) is 6.82. The van der Waals surface area contributed by atoms with E-state index in [1.165, 1.54) is 32.1 Å². The zero-order valence-electron chi connectivity index (χ0n) is 10.7. The van der Waals surface area contributed by atoms with Gasteiger partial charge in [-0.25, -0.2) is 0 Å². The van der Waals surface area contributed by atoms with Crippen molar-refractivity contribution < 1.29 is 9.53 Å². The van der Waals surface area contributed by atoms with Crippen molar-refractivity contribution in [2.75, 3.05) is 20.2 Å². The van der Waals surface area contributed by atoms with Crippen molar-refractivity contribution in [1.82, 2.24) is 10.6 Å². The summed E-state index contributed by atoms with van der Waals surface area (Å²) in [5.74, 6) is 0.812. The molecule has 2 N–H and O–H groups in total. The van der Waals surface area contributed by atoms with Crippen LogP contribution in [0.3, 0.4) is 0 Å². The van der Waals surface area contributed by atoms with Crippen molar-refractivity contribution >= 4 is 5.91 Å². The van der Waals surface area contributed by atoms with E-state index in [-0.39, 0.29) is 18.1 Å². The second-order valence-electron chi connectivity index (χ2n) is 5.31. The molecule has 2 aliphatic rings. The number of methoxy groups -OCH3 is 1. The van der Waals surface area contributed by atoms with Gasteiger partial charge < -0.3 is 15.4 Å². The first-order chi connectivity index (χ1) is 8.29. The molecule has 0 spiro atoms. The summed E-state index contributed by atoms with van der Waals surface area (Å²) < 4.78 is 5.34. The van der Waals surface area contributed by atoms with Crippen LogP contribution in [0.2, 0.25) is 0 Å². The summed E-state index contributed by atoms with van der Waals surface area (Å²) in [7, 11) is 1.71. The molecule has 1 aliphatic heterocycles. The molecule has 1 unspecified atom stereocenters. The van der Waals surface area contributed by atoms with Crippen LogP contribution in [0.15, 0.2) is 0 Å². The molecule has 0 bridgehead atoms. The zero-order chi connectivity index (χ0) is 12.1. The Morgan fingerprint density at radius 2 is 2.06 bits per heavy atom. The maximum absolute atomic E-state index is 11.9. The van der Waals surface area contributed by atoms with Crippen molar-refractivity contribution in [2.45, 2.75) is 50.7 Å². The summed E-state index contributed by atoms with van der Waals surface area (Å²) >= 11 is 0. The number of rotatable bonds is 4. The highest BCUT2D eigenvalue weighted by Gasteiger charge is 2.28. The summed E-state index contributed by atoms with van der Waals surface area (Å²) in [6, 6.07) is 0.149. The summed E-state index contributed by atoms with van der Waals surface area (Å²) in [6.07, 6.45) is 7.22. The summed E-state index contributed by atoms with van der Waals surface area (Å²) in [6.45, 7) is 1.67. The van der Waals surface area contributed by atoms with Crippen LogP contribution in [0.25, 0.3) is 0 Å². The minimum absolute atomic E-state index is 0.130. The average Bonchev–Trinajstić information content (AvgIpc) is 2.77. The number of hydrogen-bond donors (Lipinski definition) is 2. The Morgan fingerprint density at radius 1 is 1.29 bits per heavy atom. The SMILES string of the molecule is CO[C@H]1CNCC1NC(=O)CC1CCCCC1. The van der Waals surface area contributed by atoms with Gasteiger partial charge in [0.15, 0.2) is 0 Å². The number of hydrogen-bond acceptors (Lipinski definition) is 3. The lowest BCUT2D eigenvalue weighted by atomic mass is 9.87. The van der Waals surface area contributed by atoms with Crippen molar-refractivity contribution in [3.63, 3.8) is 0 Å². The second-order valence-corrected chi connectivity index (χ2v) is 5.31. The van der Waals surface area contributed by atoms with Crippen LogP contribution in [0.5, 0.6) is 0 Å². The standard InChI is InChI=1S/C13H24N2O2/c1-17-12-9-14-8-11(12)15-13(16)7-10-5-3-2-4-6-10/h10-12,14H,2-9H2,1H3,(H,15,16)/t11?,12-/m0/s1. The molecule has 1 amide bonds. The molecule has 0 aromatic heterocycles. The molecule has 4 heteroatoms. The highest BCUT2D eigenvalue weighted by molar-refractivity contribution is 5.76. The minimum Gasteiger partial charge on any atom is -0.378 e. The third-order valence-corrected chi connectivity index (χ3v) is 4.01. The van der Waals surface area contributed by atoms with Gasteiger partial charge in [-0.05, 0) is 18.8 Å². The minimum atomic E-state index is 0.130. The molecule has 17 heavy (non-hydrogen) atoms. The van der Waals surface area contributed by atoms with E-state index in [1.807, 2.05) is 0 Å². The number of amides is 1. The predicted molar refractivity (Wildman–Crippen MR) is 66.8 cm³/mol. The van der Waals surface area contributed by atoms with E-state index in [0.717, 1.165) is 13.1 Å². The fourth-order valence-electron chi connectivity index (χ4n) is 2.97. The molecule has 2 rings (SSSR count). The normalized spacial score (nSPS) is 30.4. The lowest BCUT2D eigenvalue weighted by Gasteiger charge is -2.23. The molecule has 2 fully saturated rings. The topological polar surface area (TPSA) is 50.4 Å². The predicted octanol–water partition coefficient (Wildman–Crippen LogP) is 1.06. The Hall–Kier alpha value is -0.610. The van der Waals surface area contributed by atoms with E-state index in [9.17, 15) is 4.79 Å². The van der Waals surface area contributed by atoms with Gasteiger partial charge in [0, 0.05) is 26.6 Å². The molecular weight excluding hydrogens is 216 g/mol. The van der Waals surface area contributed by atoms with Gasteiger partial charge in [0.2, 0.25) is 5.91 Å². The molecule has 2 atom stereocenters. The third-order valence-electron chi connectivity index (χ3n) is 4.01. The van der Waals surface area contributed by atoms with Gasteiger partial charge in [-0.1, -0.05) is 19.3 Å². The van der Waals surface area contributed by atoms with Crippen LogP contribution in [-0.4, -0.2) is 38.3 Å². The van der Waals surface area contributed by atoms with Crippen LogP contribution < -0.4 is 10.6 Å². The summed E-state index contributed by atoms with van der Waals surface area (Å²) in [5.41, 5.74) is 0. The Morgan fingerprint density at radius 3 is 2.76 bits per heavy atom. The van der Waals surface area contributed by atoms with Gasteiger partial charge in [0.1, 0.15) is 0 Å². The Bertz CT molecular complexity index is 252. The maximum atomic E-state index is 11.9. The summed E-state index contributed by atoms with van der Waals surface area (Å²) in [4.78, 5) is 11.9. The van der Waals surface area contributed by atoms with Crippen LogP contribution >= 0.6 is 0 Å². The number of ether oxygens (including phenoxy) is 1. The van der Waals surface area contributed by atoms with Crippen LogP contribution in [0.1, 0.15) is 38.5 Å². The molecule has 98 valence electrons. The van der Waals surface area contributed by atoms with Gasteiger partial charge in [-0.3, -0.25) is 4.79 Å². The lowest BCUT2D eigenvalue weighted by Crippen LogP contribution is -2.44. The molecule has 1 saturated carbocycles. The smallest absolute Gasteiger partial charge is 0.220 e. The van der Waals surface area contributed by atoms with Crippen LogP contribution in [0.4, 0.5) is 0 Å². The Labute approximate surface area is 103 Å². The van der Waals surface area contributed by atoms with Crippen molar-refractivity contribution in [3.05, 3.63) is 0 Å². The molecule has 4 nitrogen and oxygen atoms in total. The second kappa shape index (κ2) is 6.36. The number of carbonyl (C=O) groups excluding carboxylic acids is 1. The molecule has 0 aromatic carbocycles. The number of nitrogens with one attached hydrogen (secondary N) is 2. The quantitative estimate of drug-likeness (QED) is 0.772. The van der Waals surface area contributed by atoms with Gasteiger partial charge >= 0.3 is 0 Å². The molecule has 1 aliphatic carbocycles. The first-order valence-corrected chi connectivity index (χ1v) is 6.82. The maximum Gasteiger partial charge on any atom is 0.220 e. The number of carbonyl (C=O) groups is 1. The first kappa shape index (κ1) is 12.8. The van der Waals surface area contributed by atoms with Gasteiger partial charge in [-0.15, -0.1) is 0 Å². The Kier molecular flexibility index (Phi) is 4.80. The average molecular weight is 240 g/mol. The van der Waals surface area contributed by atoms with Crippen molar-refractivity contribution in [3.8, 4) is 0 Å². The van der Waals surface area contributed by atoms with Crippen LogP contribution in [-0.2, 0) is 9.53 Å². The van der Waals surface area contributed by atoms with Gasteiger partial charge in [0.05, 0.1) is 12.1 Å². The van der Waals surface area contributed by atoms with Gasteiger partial charge in [-0.2, -0.15) is 0 Å². The van der Waals surface area contributed by atoms with E-state index in [2.05, 4.69) is 10.6 Å². The molecule has 1 heterocycles. The van der Waals surface area contributed by atoms with Gasteiger partial charge in [0.25, 0.3) is 0 Å². The fraction of sp³-hybridized carbons (Fsp3) is 0.923. The van der Waals surface area contributed by atoms with E-state index in [1.54, 1.807) is 7.11 Å². The highest BCUT2D eigenvalue weighted by atomic mass is 16.5. The molecule has 1 saturated heterocycles. The van der Waals surface area contributed by atoms with E-state index < -0.39 is 0 Å². The van der Waals surface area contributed by atoms with E-state index in [0.29, 0.717) is 12.3 Å². The molecule has 0 radical (unpaired) electrons. The molecular formula is C13H24N2O2. The van der Waals surface area contributed by atoms with Crippen molar-refractivity contribution in [1.29, 1.82) is 0 Å². The molecule has 0 aromatic rings. The largest absolute Gasteiger partial charge is 0.378 e. The fourth-order valence-corrected chi connectivity index (χ4v) is 2.97. The third kappa shape index (κ3) is 3.68. The van der Waals surface area contributed by atoms with E-state index >= 15 is 0 Å². The lowest BCUT2D eigenvalue weighted by molar-refractivity contribution is -0.123. The monoisotopic (exact) mass is 240 g/mol. The van der Waals surface area contributed by atoms with Crippen LogP contribution in [0, 0.1) is 5.92 Å². The van der Waals surface area contributed by atoms with E-state index in [4.69, 9.17) is 4.74 Å². The Balaban J connectivity index is 1.72.